The maximum atomic E-state index is 13.2. The maximum Gasteiger partial charge on any atom is 0.337 e. The molecular formula is C27H30N2O8. The van der Waals surface area contributed by atoms with Crippen molar-refractivity contribution in [3.05, 3.63) is 64.7 Å². The molecule has 0 aliphatic carbocycles. The van der Waals surface area contributed by atoms with Gasteiger partial charge in [-0.2, -0.15) is 0 Å². The molecule has 1 unspecified atom stereocenters. The summed E-state index contributed by atoms with van der Waals surface area (Å²) in [6.07, 6.45) is 0.609. The second kappa shape index (κ2) is 11.4. The van der Waals surface area contributed by atoms with Gasteiger partial charge >= 0.3 is 5.97 Å². The Morgan fingerprint density at radius 3 is 2.38 bits per heavy atom. The zero-order chi connectivity index (χ0) is 26.5. The maximum absolute atomic E-state index is 13.2. The number of ether oxygens (including phenoxy) is 3. The van der Waals surface area contributed by atoms with E-state index in [9.17, 15) is 24.6 Å². The van der Waals surface area contributed by atoms with Gasteiger partial charge < -0.3 is 29.3 Å². The number of Topliss-reactive ketones (excluding diaryl/α,β-unsaturated/α-hetero) is 1. The van der Waals surface area contributed by atoms with Crippen LogP contribution in [-0.2, 0) is 19.1 Å². The molecule has 2 heterocycles. The number of hydrogen-bond acceptors (Lipinski definition) is 9. The van der Waals surface area contributed by atoms with E-state index < -0.39 is 29.5 Å². The number of morpholine rings is 1. The van der Waals surface area contributed by atoms with Gasteiger partial charge in [0.1, 0.15) is 17.3 Å². The number of esters is 1. The Labute approximate surface area is 214 Å². The number of carbonyl (C=O) groups excluding carboxylic acids is 3. The Balaban J connectivity index is 1.71. The van der Waals surface area contributed by atoms with E-state index in [1.54, 1.807) is 24.3 Å². The molecule has 10 heteroatoms. The molecular weight excluding hydrogens is 480 g/mol. The summed E-state index contributed by atoms with van der Waals surface area (Å²) in [4.78, 5) is 42.0. The number of ketones is 1. The van der Waals surface area contributed by atoms with Gasteiger partial charge in [0.25, 0.3) is 11.7 Å². The normalized spacial score (nSPS) is 19.7. The number of likely N-dealkylation sites (tertiary alicyclic amines) is 1. The van der Waals surface area contributed by atoms with Crippen molar-refractivity contribution in [3.63, 3.8) is 0 Å². The van der Waals surface area contributed by atoms with Crippen molar-refractivity contribution in [1.82, 2.24) is 9.80 Å². The second-order valence-corrected chi connectivity index (χ2v) is 8.80. The second-order valence-electron chi connectivity index (χ2n) is 8.80. The van der Waals surface area contributed by atoms with Gasteiger partial charge in [0.2, 0.25) is 0 Å². The molecule has 2 aliphatic heterocycles. The molecule has 0 aromatic heterocycles. The Morgan fingerprint density at radius 2 is 1.76 bits per heavy atom. The van der Waals surface area contributed by atoms with E-state index in [0.717, 1.165) is 19.6 Å². The first-order chi connectivity index (χ1) is 17.8. The lowest BCUT2D eigenvalue weighted by Crippen LogP contribution is -2.39. The highest BCUT2D eigenvalue weighted by molar-refractivity contribution is 6.46. The minimum absolute atomic E-state index is 0.00305. The Morgan fingerprint density at radius 1 is 1.05 bits per heavy atom. The number of aromatic hydroxyl groups is 1. The lowest BCUT2D eigenvalue weighted by Gasteiger charge is -2.29. The largest absolute Gasteiger partial charge is 0.507 e. The first kappa shape index (κ1) is 26.2. The van der Waals surface area contributed by atoms with E-state index in [0.29, 0.717) is 36.5 Å². The number of carbonyl (C=O) groups is 3. The number of rotatable bonds is 8. The molecule has 2 aliphatic rings. The van der Waals surface area contributed by atoms with Crippen molar-refractivity contribution in [2.24, 2.45) is 0 Å². The van der Waals surface area contributed by atoms with E-state index in [1.807, 2.05) is 0 Å². The molecule has 0 bridgehead atoms. The zero-order valence-electron chi connectivity index (χ0n) is 20.8. The summed E-state index contributed by atoms with van der Waals surface area (Å²) in [5.41, 5.74) is 0.710. The number of amides is 1. The fraction of sp³-hybridized carbons (Fsp3) is 0.370. The molecule has 196 valence electrons. The van der Waals surface area contributed by atoms with Gasteiger partial charge in [0.15, 0.2) is 0 Å². The predicted molar refractivity (Wildman–Crippen MR) is 133 cm³/mol. The third kappa shape index (κ3) is 5.45. The van der Waals surface area contributed by atoms with Crippen LogP contribution in [0.25, 0.3) is 5.76 Å². The number of phenolic OH excluding ortho intramolecular Hbond substituents is 1. The van der Waals surface area contributed by atoms with Gasteiger partial charge in [-0.05, 0) is 36.2 Å². The summed E-state index contributed by atoms with van der Waals surface area (Å²) in [6, 6.07) is 9.70. The fourth-order valence-electron chi connectivity index (χ4n) is 4.65. The summed E-state index contributed by atoms with van der Waals surface area (Å²) >= 11 is 0. The number of aliphatic hydroxyl groups excluding tert-OH is 1. The first-order valence-corrected chi connectivity index (χ1v) is 12.0. The average Bonchev–Trinajstić information content (AvgIpc) is 3.18. The van der Waals surface area contributed by atoms with Crippen LogP contribution in [0.5, 0.6) is 11.5 Å². The molecule has 2 N–H and O–H groups in total. The first-order valence-electron chi connectivity index (χ1n) is 12.0. The predicted octanol–water partition coefficient (Wildman–Crippen LogP) is 2.33. The smallest absolute Gasteiger partial charge is 0.337 e. The summed E-state index contributed by atoms with van der Waals surface area (Å²) in [6.45, 7) is 3.91. The van der Waals surface area contributed by atoms with Crippen molar-refractivity contribution < 1.29 is 38.8 Å². The lowest BCUT2D eigenvalue weighted by atomic mass is 9.94. The molecule has 2 fully saturated rings. The Hall–Kier alpha value is -3.89. The van der Waals surface area contributed by atoms with Crippen LogP contribution in [0, 0.1) is 0 Å². The summed E-state index contributed by atoms with van der Waals surface area (Å²) < 4.78 is 15.2. The standard InChI is InChI=1S/C27H30N2O8/c1-35-19-8-9-20(21(30)16-19)24(31)22-23(17-4-6-18(7-5-17)27(34)36-2)29(26(33)25(22)32)11-3-10-28-12-14-37-15-13-28/h4-9,16,23,30-31H,3,10-15H2,1-2H3/b24-22+. The van der Waals surface area contributed by atoms with E-state index in [-0.39, 0.29) is 23.4 Å². The van der Waals surface area contributed by atoms with Gasteiger partial charge in [-0.1, -0.05) is 12.1 Å². The van der Waals surface area contributed by atoms with E-state index in [2.05, 4.69) is 4.90 Å². The Bertz CT molecular complexity index is 1200. The number of hydrogen-bond donors (Lipinski definition) is 2. The minimum Gasteiger partial charge on any atom is -0.507 e. The molecule has 2 aromatic rings. The van der Waals surface area contributed by atoms with E-state index in [4.69, 9.17) is 14.2 Å². The lowest BCUT2D eigenvalue weighted by molar-refractivity contribution is -0.140. The van der Waals surface area contributed by atoms with Gasteiger partial charge in [-0.15, -0.1) is 0 Å². The van der Waals surface area contributed by atoms with Crippen LogP contribution in [0.1, 0.15) is 33.9 Å². The van der Waals surface area contributed by atoms with Gasteiger partial charge in [0, 0.05) is 32.2 Å². The van der Waals surface area contributed by atoms with Gasteiger partial charge in [-0.3, -0.25) is 14.5 Å². The SMILES string of the molecule is COC(=O)c1ccc(C2/C(=C(\O)c3ccc(OC)cc3O)C(=O)C(=O)N2CCCN2CCOCC2)cc1. The number of nitrogens with zero attached hydrogens (tertiary/aromatic N) is 2. The molecule has 37 heavy (non-hydrogen) atoms. The molecule has 0 radical (unpaired) electrons. The van der Waals surface area contributed by atoms with Crippen LogP contribution in [0.3, 0.4) is 0 Å². The van der Waals surface area contributed by atoms with E-state index in [1.165, 1.54) is 37.3 Å². The molecule has 2 saturated heterocycles. The van der Waals surface area contributed by atoms with E-state index >= 15 is 0 Å². The number of phenols is 1. The highest BCUT2D eigenvalue weighted by Gasteiger charge is 2.46. The van der Waals surface area contributed by atoms with Crippen LogP contribution < -0.4 is 4.74 Å². The Kier molecular flexibility index (Phi) is 8.10. The van der Waals surface area contributed by atoms with Gasteiger partial charge in [-0.25, -0.2) is 4.79 Å². The van der Waals surface area contributed by atoms with Crippen LogP contribution in [0.15, 0.2) is 48.0 Å². The van der Waals surface area contributed by atoms with Crippen LogP contribution >= 0.6 is 0 Å². The van der Waals surface area contributed by atoms with Crippen molar-refractivity contribution in [2.75, 3.05) is 53.6 Å². The monoisotopic (exact) mass is 510 g/mol. The molecule has 1 amide bonds. The quantitative estimate of drug-likeness (QED) is 0.238. The summed E-state index contributed by atoms with van der Waals surface area (Å²) in [7, 11) is 2.72. The van der Waals surface area contributed by atoms with Crippen molar-refractivity contribution in [1.29, 1.82) is 0 Å². The average molecular weight is 511 g/mol. The third-order valence-corrected chi connectivity index (χ3v) is 6.62. The molecule has 0 spiro atoms. The van der Waals surface area contributed by atoms with Crippen LogP contribution in [0.4, 0.5) is 0 Å². The number of methoxy groups -OCH3 is 2. The molecule has 4 rings (SSSR count). The highest BCUT2D eigenvalue weighted by atomic mass is 16.5. The van der Waals surface area contributed by atoms with Crippen LogP contribution in [0.2, 0.25) is 0 Å². The zero-order valence-corrected chi connectivity index (χ0v) is 20.8. The molecule has 10 nitrogen and oxygen atoms in total. The fourth-order valence-corrected chi connectivity index (χ4v) is 4.65. The van der Waals surface area contributed by atoms with Crippen molar-refractivity contribution >= 4 is 23.4 Å². The topological polar surface area (TPSA) is 126 Å². The molecule has 0 saturated carbocycles. The number of benzene rings is 2. The van der Waals surface area contributed by atoms with Crippen molar-refractivity contribution in [3.8, 4) is 11.5 Å². The highest BCUT2D eigenvalue weighted by Crippen LogP contribution is 2.41. The molecule has 1 atom stereocenters. The van der Waals surface area contributed by atoms with Crippen molar-refractivity contribution in [2.45, 2.75) is 12.5 Å². The third-order valence-electron chi connectivity index (χ3n) is 6.62. The summed E-state index contributed by atoms with van der Waals surface area (Å²) in [5.74, 6) is -2.52. The van der Waals surface area contributed by atoms with Gasteiger partial charge in [0.05, 0.1) is 50.2 Å². The van der Waals surface area contributed by atoms with Crippen LogP contribution in [-0.4, -0.2) is 91.3 Å². The number of aliphatic hydroxyl groups is 1. The minimum atomic E-state index is -0.905. The molecule has 2 aromatic carbocycles. The summed E-state index contributed by atoms with van der Waals surface area (Å²) in [5, 5.41) is 21.7.